The summed E-state index contributed by atoms with van der Waals surface area (Å²) in [7, 11) is 0. The maximum Gasteiger partial charge on any atom is 0.284 e. The Morgan fingerprint density at radius 2 is 1.81 bits per heavy atom. The van der Waals surface area contributed by atoms with E-state index in [4.69, 9.17) is 20.6 Å². The number of carbonyl (C=O) groups is 1. The zero-order chi connectivity index (χ0) is 30.5. The molecule has 5 aromatic rings. The molecule has 11 nitrogen and oxygen atoms in total. The van der Waals surface area contributed by atoms with Crippen LogP contribution in [0.5, 0.6) is 5.75 Å². The van der Waals surface area contributed by atoms with Crippen molar-refractivity contribution in [1.82, 2.24) is 19.3 Å². The Balaban J connectivity index is 1.37. The van der Waals surface area contributed by atoms with Crippen molar-refractivity contribution in [1.29, 1.82) is 0 Å². The number of aliphatic hydroxyl groups is 2. The molecule has 0 aliphatic carbocycles. The van der Waals surface area contributed by atoms with E-state index < -0.39 is 24.2 Å². The van der Waals surface area contributed by atoms with Crippen molar-refractivity contribution < 1.29 is 19.7 Å². The number of aliphatic hydroxyl groups excluding tert-OH is 2. The minimum absolute atomic E-state index is 0.0473. The minimum atomic E-state index is -0.978. The number of carbonyl (C=O) groups excluding carboxylic acids is 1. The van der Waals surface area contributed by atoms with Crippen LogP contribution in [-0.2, 0) is 4.55 Å². The molecule has 0 radical (unpaired) electrons. The highest BCUT2D eigenvalue weighted by atomic mass is 127. The Morgan fingerprint density at radius 3 is 2.51 bits per heavy atom. The van der Waals surface area contributed by atoms with Crippen LogP contribution in [0.3, 0.4) is 0 Å². The lowest BCUT2D eigenvalue weighted by Crippen LogP contribution is -2.25. The maximum absolute atomic E-state index is 13.3. The van der Waals surface area contributed by atoms with Crippen LogP contribution in [0.4, 0.5) is 11.5 Å². The van der Waals surface area contributed by atoms with E-state index in [1.54, 1.807) is 60.3 Å². The largest absolute Gasteiger partial charge is 0.491 e. The predicted molar refractivity (Wildman–Crippen MR) is 173 cm³/mol. The number of anilines is 2. The van der Waals surface area contributed by atoms with Crippen LogP contribution < -0.4 is 21.3 Å². The number of aromatic nitrogens is 4. The van der Waals surface area contributed by atoms with Crippen molar-refractivity contribution in [3.05, 3.63) is 107 Å². The molecular weight excluding hydrogens is 663 g/mol. The lowest BCUT2D eigenvalue weighted by Gasteiger charge is -2.12. The van der Waals surface area contributed by atoms with Crippen LogP contribution in [0.2, 0.25) is 0 Å². The molecule has 220 valence electrons. The second-order valence-corrected chi connectivity index (χ2v) is 10.3. The molecule has 1 unspecified atom stereocenters. The third kappa shape index (κ3) is 6.45. The molecule has 2 heterocycles. The molecule has 5 N–H and O–H groups in total. The molecule has 0 fully saturated rings. The van der Waals surface area contributed by atoms with E-state index in [1.807, 2.05) is 36.4 Å². The molecule has 0 saturated heterocycles. The molecule has 0 spiro atoms. The van der Waals surface area contributed by atoms with Gasteiger partial charge >= 0.3 is 0 Å². The van der Waals surface area contributed by atoms with Gasteiger partial charge in [0, 0.05) is 16.8 Å². The van der Waals surface area contributed by atoms with Crippen molar-refractivity contribution in [3.63, 3.8) is 0 Å². The number of hydrogen-bond acceptors (Lipinski definition) is 8. The number of hydrogen-bond donors (Lipinski definition) is 4. The summed E-state index contributed by atoms with van der Waals surface area (Å²) in [5, 5.41) is 21.4. The van der Waals surface area contributed by atoms with Crippen LogP contribution in [0.25, 0.3) is 28.2 Å². The third-order valence-corrected chi connectivity index (χ3v) is 7.38. The highest BCUT2D eigenvalue weighted by molar-refractivity contribution is 14.1. The maximum atomic E-state index is 13.3. The van der Waals surface area contributed by atoms with E-state index in [-0.39, 0.29) is 18.0 Å². The fraction of sp³-hybridized carbons (Fsp3) is 0.161. The van der Waals surface area contributed by atoms with Crippen LogP contribution in [0, 0.1) is 6.92 Å². The molecule has 12 heteroatoms. The zero-order valence-electron chi connectivity index (χ0n) is 23.1. The number of rotatable bonds is 10. The van der Waals surface area contributed by atoms with Gasteiger partial charge in [0.25, 0.3) is 11.5 Å². The van der Waals surface area contributed by atoms with E-state index in [2.05, 4.69) is 32.9 Å². The summed E-state index contributed by atoms with van der Waals surface area (Å²) in [6.45, 7) is 1.31. The number of para-hydroxylation sites is 1. The number of ether oxygens (including phenoxy) is 1. The average molecular weight is 693 g/mol. The van der Waals surface area contributed by atoms with E-state index in [9.17, 15) is 14.7 Å². The molecule has 0 aliphatic rings. The molecule has 2 aromatic heterocycles. The van der Waals surface area contributed by atoms with Gasteiger partial charge in [0.05, 0.1) is 34.4 Å². The smallest absolute Gasteiger partial charge is 0.284 e. The van der Waals surface area contributed by atoms with Crippen molar-refractivity contribution in [2.75, 3.05) is 24.3 Å². The highest BCUT2D eigenvalue weighted by Crippen LogP contribution is 2.29. The number of halogens is 1. The summed E-state index contributed by atoms with van der Waals surface area (Å²) >= 11 is 2.16. The minimum Gasteiger partial charge on any atom is -0.491 e. The summed E-state index contributed by atoms with van der Waals surface area (Å²) in [4.78, 5) is 35.7. The van der Waals surface area contributed by atoms with E-state index in [0.717, 1.165) is 5.56 Å². The molecule has 1 amide bonds. The number of nitrogens with one attached hydrogen (secondary N) is 1. The van der Waals surface area contributed by atoms with Crippen LogP contribution in [-0.4, -0.2) is 54.8 Å². The number of alkyl halides is 1. The SMILES string of the molecule is Cc1c(C(=O)Nc2ccc(-c3nc(-c4cccc(OCC(O)CO)c4)cnc3N)cc2)c(=O)n(-c2ccccc2)n1CI. The molecule has 0 bridgehead atoms. The highest BCUT2D eigenvalue weighted by Gasteiger charge is 2.23. The zero-order valence-corrected chi connectivity index (χ0v) is 25.3. The lowest BCUT2D eigenvalue weighted by molar-refractivity contribution is 0.0536. The monoisotopic (exact) mass is 692 g/mol. The lowest BCUT2D eigenvalue weighted by atomic mass is 10.1. The Hall–Kier alpha value is -4.53. The Labute approximate surface area is 260 Å². The summed E-state index contributed by atoms with van der Waals surface area (Å²) < 4.78 is 9.31. The van der Waals surface area contributed by atoms with Gasteiger partial charge in [-0.1, -0.05) is 65.1 Å². The molecule has 3 aromatic carbocycles. The number of benzene rings is 3. The van der Waals surface area contributed by atoms with Crippen LogP contribution >= 0.6 is 22.6 Å². The fourth-order valence-corrected chi connectivity index (χ4v) is 5.34. The van der Waals surface area contributed by atoms with Gasteiger partial charge in [0.1, 0.15) is 35.5 Å². The van der Waals surface area contributed by atoms with Crippen LogP contribution in [0.1, 0.15) is 16.1 Å². The number of nitrogen functional groups attached to an aromatic ring is 1. The topological polar surface area (TPSA) is 158 Å². The molecule has 5 rings (SSSR count). The van der Waals surface area contributed by atoms with E-state index in [0.29, 0.717) is 44.3 Å². The molecule has 0 aliphatic heterocycles. The first-order chi connectivity index (χ1) is 20.8. The molecular formula is C31H29IN6O5. The first-order valence-electron chi connectivity index (χ1n) is 13.3. The van der Waals surface area contributed by atoms with Gasteiger partial charge < -0.3 is 26.0 Å². The van der Waals surface area contributed by atoms with E-state index in [1.165, 1.54) is 4.68 Å². The van der Waals surface area contributed by atoms with Gasteiger partial charge in [-0.2, -0.15) is 0 Å². The second kappa shape index (κ2) is 13.2. The predicted octanol–water partition coefficient (Wildman–Crippen LogP) is 4.03. The second-order valence-electron chi connectivity index (χ2n) is 9.63. The first-order valence-corrected chi connectivity index (χ1v) is 14.8. The standard InChI is InChI=1S/C31H29IN6O5/c1-19-27(31(42)38(37(19)18-32)23-7-3-2-4-8-23)30(41)35-22-12-10-20(11-13-22)28-29(33)34-15-26(36-28)21-6-5-9-25(14-21)43-17-24(40)16-39/h2-15,24,39-40H,16-18H2,1H3,(H2,33,34)(H,35,41). The third-order valence-electron chi connectivity index (χ3n) is 6.74. The Morgan fingerprint density at radius 1 is 1.07 bits per heavy atom. The van der Waals surface area contributed by atoms with Gasteiger partial charge in [0.2, 0.25) is 0 Å². The normalized spacial score (nSPS) is 11.7. The number of nitrogens with two attached hydrogens (primary N) is 1. The van der Waals surface area contributed by atoms with Crippen molar-refractivity contribution in [2.45, 2.75) is 17.6 Å². The van der Waals surface area contributed by atoms with Gasteiger partial charge in [-0.05, 0) is 43.3 Å². The van der Waals surface area contributed by atoms with Crippen molar-refractivity contribution in [2.24, 2.45) is 0 Å². The first kappa shape index (κ1) is 29.9. The van der Waals surface area contributed by atoms with Gasteiger partial charge in [0.15, 0.2) is 0 Å². The quantitative estimate of drug-likeness (QED) is 0.126. The summed E-state index contributed by atoms with van der Waals surface area (Å²) in [5.41, 5.74) is 10.0. The van der Waals surface area contributed by atoms with Crippen molar-refractivity contribution >= 4 is 40.0 Å². The van der Waals surface area contributed by atoms with Gasteiger partial charge in [-0.3, -0.25) is 14.3 Å². The average Bonchev–Trinajstić information content (AvgIpc) is 3.29. The Kier molecular flexibility index (Phi) is 9.19. The van der Waals surface area contributed by atoms with E-state index >= 15 is 0 Å². The molecule has 43 heavy (non-hydrogen) atoms. The summed E-state index contributed by atoms with van der Waals surface area (Å²) in [5.74, 6) is 0.236. The molecule has 1 atom stereocenters. The Bertz CT molecular complexity index is 1800. The van der Waals surface area contributed by atoms with Crippen LogP contribution in [0.15, 0.2) is 89.9 Å². The van der Waals surface area contributed by atoms with Crippen molar-refractivity contribution in [3.8, 4) is 34.0 Å². The fourth-order valence-electron chi connectivity index (χ4n) is 4.52. The molecule has 0 saturated carbocycles. The van der Waals surface area contributed by atoms with Gasteiger partial charge in [-0.25, -0.2) is 14.6 Å². The summed E-state index contributed by atoms with van der Waals surface area (Å²) in [6.07, 6.45) is 0.579. The number of amides is 1. The number of nitrogens with zero attached hydrogens (tertiary/aromatic N) is 4. The van der Waals surface area contributed by atoms with Gasteiger partial charge in [-0.15, -0.1) is 0 Å². The summed E-state index contributed by atoms with van der Waals surface area (Å²) in [6, 6.07) is 23.3.